The molecule has 80 valence electrons. The summed E-state index contributed by atoms with van der Waals surface area (Å²) in [6, 6.07) is 0.900. The normalized spacial score (nSPS) is 27.1. The highest BCUT2D eigenvalue weighted by atomic mass is 15.0. The number of rotatable bonds is 4. The van der Waals surface area contributed by atoms with Crippen LogP contribution in [0.5, 0.6) is 0 Å². The summed E-state index contributed by atoms with van der Waals surface area (Å²) in [6.07, 6.45) is 11.7. The summed E-state index contributed by atoms with van der Waals surface area (Å²) in [6.45, 7) is 6.88. The fraction of sp³-hybridized carbons (Fsp3) is 0.846. The molecule has 0 amide bonds. The van der Waals surface area contributed by atoms with Crippen LogP contribution in [-0.4, -0.2) is 12.1 Å². The van der Waals surface area contributed by atoms with Gasteiger partial charge < -0.3 is 5.32 Å². The lowest BCUT2D eigenvalue weighted by molar-refractivity contribution is 0.271. The predicted octanol–water partition coefficient (Wildman–Crippen LogP) is 2.96. The van der Waals surface area contributed by atoms with Crippen LogP contribution in [0.25, 0.3) is 0 Å². The molecule has 1 rings (SSSR count). The Morgan fingerprint density at radius 2 is 2.29 bits per heavy atom. The van der Waals surface area contributed by atoms with E-state index >= 15 is 0 Å². The summed E-state index contributed by atoms with van der Waals surface area (Å²) in [5.74, 6) is 2.86. The molecule has 0 aromatic rings. The van der Waals surface area contributed by atoms with Crippen molar-refractivity contribution in [3.8, 4) is 12.3 Å². The zero-order chi connectivity index (χ0) is 10.6. The molecule has 2 unspecified atom stereocenters. The number of nitrogens with one attached hydrogen (secondary N) is 1. The monoisotopic (exact) mass is 193 g/mol. The Balaban J connectivity index is 2.46. The Morgan fingerprint density at radius 3 is 2.71 bits per heavy atom. The third kappa shape index (κ3) is 2.75. The van der Waals surface area contributed by atoms with Gasteiger partial charge in [-0.2, -0.15) is 0 Å². The van der Waals surface area contributed by atoms with E-state index in [2.05, 4.69) is 32.0 Å². The van der Waals surface area contributed by atoms with Crippen LogP contribution in [0.4, 0.5) is 0 Å². The van der Waals surface area contributed by atoms with Crippen LogP contribution in [0, 0.1) is 17.8 Å². The van der Waals surface area contributed by atoms with E-state index < -0.39 is 0 Å². The lowest BCUT2D eigenvalue weighted by Gasteiger charge is -2.30. The molecule has 0 spiro atoms. The Bertz CT molecular complexity index is 212. The highest BCUT2D eigenvalue weighted by Gasteiger charge is 2.34. The van der Waals surface area contributed by atoms with E-state index in [0.717, 1.165) is 12.8 Å². The van der Waals surface area contributed by atoms with Gasteiger partial charge in [-0.05, 0) is 24.7 Å². The summed E-state index contributed by atoms with van der Waals surface area (Å²) < 4.78 is 0. The van der Waals surface area contributed by atoms with Gasteiger partial charge in [0, 0.05) is 6.04 Å². The molecule has 0 aromatic heterocycles. The Labute approximate surface area is 88.7 Å². The van der Waals surface area contributed by atoms with Crippen LogP contribution in [0.3, 0.4) is 0 Å². The van der Waals surface area contributed by atoms with Gasteiger partial charge in [0.1, 0.15) is 0 Å². The Hall–Kier alpha value is -0.480. The summed E-state index contributed by atoms with van der Waals surface area (Å²) in [5, 5.41) is 3.62. The van der Waals surface area contributed by atoms with Crippen LogP contribution >= 0.6 is 0 Å². The van der Waals surface area contributed by atoms with Crippen LogP contribution in [0.2, 0.25) is 0 Å². The zero-order valence-electron chi connectivity index (χ0n) is 9.77. The van der Waals surface area contributed by atoms with E-state index in [9.17, 15) is 0 Å². The van der Waals surface area contributed by atoms with Gasteiger partial charge in [0.15, 0.2) is 0 Å². The Kier molecular flexibility index (Phi) is 4.01. The van der Waals surface area contributed by atoms with E-state index in [1.807, 2.05) is 0 Å². The highest BCUT2D eigenvalue weighted by molar-refractivity contribution is 5.02. The van der Waals surface area contributed by atoms with Gasteiger partial charge in [0.25, 0.3) is 0 Å². The van der Waals surface area contributed by atoms with Crippen LogP contribution in [0.1, 0.15) is 52.9 Å². The van der Waals surface area contributed by atoms with E-state index in [1.54, 1.807) is 0 Å². The molecule has 2 atom stereocenters. The molecule has 1 nitrogen and oxygen atoms in total. The molecule has 1 heteroatoms. The first-order valence-corrected chi connectivity index (χ1v) is 5.82. The van der Waals surface area contributed by atoms with Crippen molar-refractivity contribution in [3.63, 3.8) is 0 Å². The number of hydrogen-bond donors (Lipinski definition) is 1. The molecule has 0 heterocycles. The first-order valence-electron chi connectivity index (χ1n) is 5.82. The van der Waals surface area contributed by atoms with Crippen molar-refractivity contribution in [2.75, 3.05) is 0 Å². The topological polar surface area (TPSA) is 12.0 Å². The number of terminal acetylenes is 1. The standard InChI is InChI=1S/C13H23N/c1-5-8-11(6-2)14-12-9-7-10-13(12,3)4/h2,11-12,14H,5,7-10H2,1,3-4H3. The zero-order valence-corrected chi connectivity index (χ0v) is 9.77. The summed E-state index contributed by atoms with van der Waals surface area (Å²) in [7, 11) is 0. The average molecular weight is 193 g/mol. The quantitative estimate of drug-likeness (QED) is 0.677. The van der Waals surface area contributed by atoms with Gasteiger partial charge in [-0.3, -0.25) is 0 Å². The molecule has 0 radical (unpaired) electrons. The van der Waals surface area contributed by atoms with Gasteiger partial charge in [-0.25, -0.2) is 0 Å². The lowest BCUT2D eigenvalue weighted by Crippen LogP contribution is -2.43. The molecule has 1 N–H and O–H groups in total. The maximum absolute atomic E-state index is 5.51. The number of hydrogen-bond acceptors (Lipinski definition) is 1. The van der Waals surface area contributed by atoms with Crippen molar-refractivity contribution in [1.29, 1.82) is 0 Å². The van der Waals surface area contributed by atoms with E-state index in [1.165, 1.54) is 19.3 Å². The fourth-order valence-corrected chi connectivity index (χ4v) is 2.38. The molecule has 0 aromatic carbocycles. The van der Waals surface area contributed by atoms with Crippen molar-refractivity contribution in [3.05, 3.63) is 0 Å². The molecule has 1 fully saturated rings. The van der Waals surface area contributed by atoms with Crippen molar-refractivity contribution in [1.82, 2.24) is 5.32 Å². The molecule has 0 bridgehead atoms. The maximum atomic E-state index is 5.51. The molecule has 0 saturated heterocycles. The first kappa shape index (κ1) is 11.6. The van der Waals surface area contributed by atoms with Gasteiger partial charge in [0.05, 0.1) is 6.04 Å². The minimum atomic E-state index is 0.280. The molecule has 14 heavy (non-hydrogen) atoms. The first-order chi connectivity index (χ1) is 6.60. The molecular formula is C13H23N. The van der Waals surface area contributed by atoms with Gasteiger partial charge in [0.2, 0.25) is 0 Å². The summed E-state index contributed by atoms with van der Waals surface area (Å²) >= 11 is 0. The van der Waals surface area contributed by atoms with Gasteiger partial charge in [-0.1, -0.05) is 39.5 Å². The fourth-order valence-electron chi connectivity index (χ4n) is 2.38. The minimum absolute atomic E-state index is 0.280. The second-order valence-electron chi connectivity index (χ2n) is 5.11. The van der Waals surface area contributed by atoms with E-state index in [-0.39, 0.29) is 6.04 Å². The van der Waals surface area contributed by atoms with E-state index in [4.69, 9.17) is 6.42 Å². The van der Waals surface area contributed by atoms with Gasteiger partial charge in [-0.15, -0.1) is 6.42 Å². The van der Waals surface area contributed by atoms with Crippen molar-refractivity contribution >= 4 is 0 Å². The molecular weight excluding hydrogens is 170 g/mol. The highest BCUT2D eigenvalue weighted by Crippen LogP contribution is 2.37. The van der Waals surface area contributed by atoms with Gasteiger partial charge >= 0.3 is 0 Å². The summed E-state index contributed by atoms with van der Waals surface area (Å²) in [5.41, 5.74) is 0.433. The second-order valence-corrected chi connectivity index (χ2v) is 5.11. The largest absolute Gasteiger partial charge is 0.300 e. The Morgan fingerprint density at radius 1 is 1.57 bits per heavy atom. The smallest absolute Gasteiger partial charge is 0.0689 e. The predicted molar refractivity (Wildman–Crippen MR) is 62.1 cm³/mol. The van der Waals surface area contributed by atoms with Crippen molar-refractivity contribution in [2.24, 2.45) is 5.41 Å². The third-order valence-corrected chi connectivity index (χ3v) is 3.44. The van der Waals surface area contributed by atoms with Crippen LogP contribution in [-0.2, 0) is 0 Å². The summed E-state index contributed by atoms with van der Waals surface area (Å²) in [4.78, 5) is 0. The van der Waals surface area contributed by atoms with E-state index in [0.29, 0.717) is 11.5 Å². The molecule has 1 saturated carbocycles. The lowest BCUT2D eigenvalue weighted by atomic mass is 9.87. The second kappa shape index (κ2) is 4.84. The van der Waals surface area contributed by atoms with Crippen molar-refractivity contribution in [2.45, 2.75) is 65.0 Å². The minimum Gasteiger partial charge on any atom is -0.300 e. The molecule has 1 aliphatic carbocycles. The maximum Gasteiger partial charge on any atom is 0.0689 e. The average Bonchev–Trinajstić information content (AvgIpc) is 2.45. The molecule has 1 aliphatic rings. The van der Waals surface area contributed by atoms with Crippen LogP contribution in [0.15, 0.2) is 0 Å². The third-order valence-electron chi connectivity index (χ3n) is 3.44. The van der Waals surface area contributed by atoms with Crippen LogP contribution < -0.4 is 5.32 Å². The molecule has 0 aliphatic heterocycles. The van der Waals surface area contributed by atoms with Crippen molar-refractivity contribution < 1.29 is 0 Å². The SMILES string of the molecule is C#CC(CCC)NC1CCCC1(C)C.